The van der Waals surface area contributed by atoms with Gasteiger partial charge in [-0.1, -0.05) is 30.3 Å². The first-order chi connectivity index (χ1) is 6.86. The lowest BCUT2D eigenvalue weighted by molar-refractivity contribution is 0.165. The second-order valence-corrected chi connectivity index (χ2v) is 4.01. The van der Waals surface area contributed by atoms with Crippen LogP contribution < -0.4 is 5.32 Å². The van der Waals surface area contributed by atoms with Crippen molar-refractivity contribution < 1.29 is 0 Å². The number of halogens is 2. The molecule has 1 unspecified atom stereocenters. The van der Waals surface area contributed by atoms with Crippen LogP contribution in [0.5, 0.6) is 0 Å². The third-order valence-electron chi connectivity index (χ3n) is 2.87. The van der Waals surface area contributed by atoms with E-state index in [-0.39, 0.29) is 24.8 Å². The first-order valence-electron chi connectivity index (χ1n) is 5.35. The van der Waals surface area contributed by atoms with Crippen molar-refractivity contribution in [2.75, 3.05) is 19.6 Å². The van der Waals surface area contributed by atoms with Gasteiger partial charge in [0.25, 0.3) is 0 Å². The summed E-state index contributed by atoms with van der Waals surface area (Å²) in [5, 5.41) is 3.41. The molecule has 1 N–H and O–H groups in total. The normalized spacial score (nSPS) is 20.7. The summed E-state index contributed by atoms with van der Waals surface area (Å²) in [6.45, 7) is 6.78. The summed E-state index contributed by atoms with van der Waals surface area (Å²) in [7, 11) is 0. The van der Waals surface area contributed by atoms with Gasteiger partial charge in [-0.15, -0.1) is 24.8 Å². The Bertz CT molecular complexity index is 280. The number of piperazine rings is 1. The molecule has 92 valence electrons. The first-order valence-corrected chi connectivity index (χ1v) is 5.35. The quantitative estimate of drug-likeness (QED) is 0.881. The molecule has 4 heteroatoms. The van der Waals surface area contributed by atoms with Crippen molar-refractivity contribution in [3.05, 3.63) is 35.9 Å². The van der Waals surface area contributed by atoms with Gasteiger partial charge >= 0.3 is 0 Å². The maximum atomic E-state index is 3.41. The number of rotatable bonds is 2. The molecule has 1 heterocycles. The monoisotopic (exact) mass is 262 g/mol. The predicted molar refractivity (Wildman–Crippen MR) is 73.7 cm³/mol. The third kappa shape index (κ3) is 4.30. The predicted octanol–water partition coefficient (Wildman–Crippen LogP) is 2.32. The van der Waals surface area contributed by atoms with Gasteiger partial charge in [-0.3, -0.25) is 4.90 Å². The highest BCUT2D eigenvalue weighted by molar-refractivity contribution is 5.85. The van der Waals surface area contributed by atoms with E-state index >= 15 is 0 Å². The maximum absolute atomic E-state index is 3.41. The molecule has 0 radical (unpaired) electrons. The minimum absolute atomic E-state index is 0. The average Bonchev–Trinajstić information content (AvgIpc) is 2.23. The van der Waals surface area contributed by atoms with Gasteiger partial charge in [0, 0.05) is 32.2 Å². The van der Waals surface area contributed by atoms with Gasteiger partial charge in [-0.05, 0) is 12.5 Å². The Balaban J connectivity index is 0.00000112. The largest absolute Gasteiger partial charge is 0.314 e. The topological polar surface area (TPSA) is 15.3 Å². The minimum atomic E-state index is 0. The first kappa shape index (κ1) is 15.7. The van der Waals surface area contributed by atoms with Gasteiger partial charge in [-0.25, -0.2) is 0 Å². The number of hydrogen-bond acceptors (Lipinski definition) is 2. The van der Waals surface area contributed by atoms with E-state index in [1.54, 1.807) is 0 Å². The number of nitrogens with zero attached hydrogens (tertiary/aromatic N) is 1. The van der Waals surface area contributed by atoms with Crippen LogP contribution in [0.4, 0.5) is 0 Å². The molecule has 2 nitrogen and oxygen atoms in total. The molecule has 0 aromatic heterocycles. The summed E-state index contributed by atoms with van der Waals surface area (Å²) in [5.74, 6) is 0. The van der Waals surface area contributed by atoms with Gasteiger partial charge in [-0.2, -0.15) is 0 Å². The summed E-state index contributed by atoms with van der Waals surface area (Å²) in [5.41, 5.74) is 1.42. The Kier molecular flexibility index (Phi) is 7.77. The Morgan fingerprint density at radius 2 is 1.94 bits per heavy atom. The molecule has 1 aromatic rings. The highest BCUT2D eigenvalue weighted by Crippen LogP contribution is 2.09. The number of benzene rings is 1. The van der Waals surface area contributed by atoms with Crippen LogP contribution in [-0.4, -0.2) is 30.6 Å². The average molecular weight is 263 g/mol. The number of hydrogen-bond donors (Lipinski definition) is 1. The molecule has 0 bridgehead atoms. The van der Waals surface area contributed by atoms with Crippen LogP contribution in [0.15, 0.2) is 30.3 Å². The van der Waals surface area contributed by atoms with Crippen LogP contribution in [0.25, 0.3) is 0 Å². The van der Waals surface area contributed by atoms with Crippen molar-refractivity contribution in [1.29, 1.82) is 0 Å². The summed E-state index contributed by atoms with van der Waals surface area (Å²) in [4.78, 5) is 2.53. The summed E-state index contributed by atoms with van der Waals surface area (Å²) < 4.78 is 0. The second kappa shape index (κ2) is 7.91. The van der Waals surface area contributed by atoms with Crippen LogP contribution in [0.3, 0.4) is 0 Å². The fourth-order valence-corrected chi connectivity index (χ4v) is 1.94. The zero-order valence-corrected chi connectivity index (χ0v) is 11.2. The molecule has 1 saturated heterocycles. The summed E-state index contributed by atoms with van der Waals surface area (Å²) >= 11 is 0. The fraction of sp³-hybridized carbons (Fsp3) is 0.500. The molecule has 1 atom stereocenters. The van der Waals surface area contributed by atoms with Crippen molar-refractivity contribution in [3.63, 3.8) is 0 Å². The molecule has 1 aliphatic rings. The zero-order valence-electron chi connectivity index (χ0n) is 9.56. The van der Waals surface area contributed by atoms with Gasteiger partial charge < -0.3 is 5.32 Å². The maximum Gasteiger partial charge on any atom is 0.0237 e. The lowest BCUT2D eigenvalue weighted by Gasteiger charge is -2.33. The second-order valence-electron chi connectivity index (χ2n) is 4.01. The van der Waals surface area contributed by atoms with Crippen LogP contribution in [0.2, 0.25) is 0 Å². The molecule has 16 heavy (non-hydrogen) atoms. The van der Waals surface area contributed by atoms with Crippen molar-refractivity contribution in [3.8, 4) is 0 Å². The van der Waals surface area contributed by atoms with E-state index in [0.29, 0.717) is 6.04 Å². The van der Waals surface area contributed by atoms with E-state index in [9.17, 15) is 0 Å². The van der Waals surface area contributed by atoms with E-state index < -0.39 is 0 Å². The van der Waals surface area contributed by atoms with Crippen molar-refractivity contribution in [2.45, 2.75) is 19.5 Å². The zero-order chi connectivity index (χ0) is 9.80. The lowest BCUT2D eigenvalue weighted by Crippen LogP contribution is -2.49. The SMILES string of the molecule is CC1CNCCN1Cc1ccccc1.Cl.Cl. The van der Waals surface area contributed by atoms with Crippen molar-refractivity contribution in [1.82, 2.24) is 10.2 Å². The Labute approximate surface area is 110 Å². The Morgan fingerprint density at radius 3 is 2.56 bits per heavy atom. The Hall–Kier alpha value is -0.280. The van der Waals surface area contributed by atoms with Crippen LogP contribution in [0.1, 0.15) is 12.5 Å². The molecule has 1 aromatic carbocycles. The van der Waals surface area contributed by atoms with Gasteiger partial charge in [0.1, 0.15) is 0 Å². The molecular formula is C12H20Cl2N2. The minimum Gasteiger partial charge on any atom is -0.314 e. The summed E-state index contributed by atoms with van der Waals surface area (Å²) in [6, 6.07) is 11.4. The van der Waals surface area contributed by atoms with E-state index in [4.69, 9.17) is 0 Å². The van der Waals surface area contributed by atoms with Gasteiger partial charge in [0.2, 0.25) is 0 Å². The number of nitrogens with one attached hydrogen (secondary N) is 1. The van der Waals surface area contributed by atoms with Crippen LogP contribution in [-0.2, 0) is 6.54 Å². The summed E-state index contributed by atoms with van der Waals surface area (Å²) in [6.07, 6.45) is 0. The van der Waals surface area contributed by atoms with Gasteiger partial charge in [0.05, 0.1) is 0 Å². The molecule has 0 amide bonds. The fourth-order valence-electron chi connectivity index (χ4n) is 1.94. The molecule has 1 fully saturated rings. The molecule has 1 aliphatic heterocycles. The van der Waals surface area contributed by atoms with E-state index in [1.165, 1.54) is 5.56 Å². The van der Waals surface area contributed by atoms with E-state index in [2.05, 4.69) is 47.5 Å². The van der Waals surface area contributed by atoms with Crippen LogP contribution in [0, 0.1) is 0 Å². The third-order valence-corrected chi connectivity index (χ3v) is 2.87. The molecule has 0 saturated carbocycles. The lowest BCUT2D eigenvalue weighted by atomic mass is 10.1. The standard InChI is InChI=1S/C12H18N2.2ClH/c1-11-9-13-7-8-14(11)10-12-5-3-2-4-6-12;;/h2-6,11,13H,7-10H2,1H3;2*1H. The molecular weight excluding hydrogens is 243 g/mol. The van der Waals surface area contributed by atoms with Gasteiger partial charge in [0.15, 0.2) is 0 Å². The molecule has 0 aliphatic carbocycles. The molecule has 2 rings (SSSR count). The Morgan fingerprint density at radius 1 is 1.25 bits per heavy atom. The molecule has 0 spiro atoms. The highest BCUT2D eigenvalue weighted by Gasteiger charge is 2.17. The van der Waals surface area contributed by atoms with Crippen LogP contribution >= 0.6 is 24.8 Å². The van der Waals surface area contributed by atoms with E-state index in [0.717, 1.165) is 26.2 Å². The van der Waals surface area contributed by atoms with E-state index in [1.807, 2.05) is 0 Å². The van der Waals surface area contributed by atoms with Crippen molar-refractivity contribution >= 4 is 24.8 Å². The highest BCUT2D eigenvalue weighted by atomic mass is 35.5. The smallest absolute Gasteiger partial charge is 0.0237 e. The van der Waals surface area contributed by atoms with Crippen molar-refractivity contribution in [2.24, 2.45) is 0 Å².